The molecule has 1 heterocycles. The number of thiazole rings is 1. The molecule has 1 rings (SSSR count). The van der Waals surface area contributed by atoms with Crippen molar-refractivity contribution in [2.75, 3.05) is 27.3 Å². The molecule has 0 spiro atoms. The van der Waals surface area contributed by atoms with E-state index in [9.17, 15) is 0 Å². The molecule has 74 valence electrons. The highest BCUT2D eigenvalue weighted by atomic mass is 32.1. The van der Waals surface area contributed by atoms with Crippen molar-refractivity contribution >= 4 is 11.3 Å². The topological polar surface area (TPSA) is 25.4 Å². The van der Waals surface area contributed by atoms with E-state index in [0.717, 1.165) is 25.4 Å². The number of nitrogens with zero attached hydrogens (tertiary/aromatic N) is 2. The van der Waals surface area contributed by atoms with Crippen LogP contribution in [-0.2, 0) is 11.3 Å². The zero-order valence-electron chi connectivity index (χ0n) is 8.41. The molecule has 0 aliphatic rings. The molecule has 0 aromatic carbocycles. The number of aromatic nitrogens is 1. The molecule has 0 radical (unpaired) electrons. The summed E-state index contributed by atoms with van der Waals surface area (Å²) >= 11 is 1.72. The summed E-state index contributed by atoms with van der Waals surface area (Å²) in [7, 11) is 3.80. The van der Waals surface area contributed by atoms with Crippen LogP contribution in [0.1, 0.15) is 10.7 Å². The first-order chi connectivity index (χ1) is 6.22. The molecule has 0 aliphatic carbocycles. The fourth-order valence-corrected chi connectivity index (χ4v) is 1.88. The lowest BCUT2D eigenvalue weighted by atomic mass is 10.5. The van der Waals surface area contributed by atoms with Crippen LogP contribution in [0, 0.1) is 6.92 Å². The average molecular weight is 200 g/mol. The number of methoxy groups -OCH3 is 1. The van der Waals surface area contributed by atoms with Crippen LogP contribution in [0.15, 0.2) is 5.38 Å². The highest BCUT2D eigenvalue weighted by molar-refractivity contribution is 7.09. The van der Waals surface area contributed by atoms with Crippen molar-refractivity contribution in [1.82, 2.24) is 9.88 Å². The molecule has 0 bridgehead atoms. The Balaban J connectivity index is 2.31. The second-order valence-corrected chi connectivity index (χ2v) is 4.06. The van der Waals surface area contributed by atoms with Crippen LogP contribution in [0.2, 0.25) is 0 Å². The fourth-order valence-electron chi connectivity index (χ4n) is 1.03. The Bertz CT molecular complexity index is 250. The standard InChI is InChI=1S/C9H16N2OS/c1-8-7-13-9(10-8)6-11(2)4-5-12-3/h7H,4-6H2,1-3H3. The number of hydrogen-bond acceptors (Lipinski definition) is 4. The highest BCUT2D eigenvalue weighted by Gasteiger charge is 2.02. The minimum Gasteiger partial charge on any atom is -0.383 e. The summed E-state index contributed by atoms with van der Waals surface area (Å²) in [6.45, 7) is 4.67. The SMILES string of the molecule is COCCN(C)Cc1nc(C)cs1. The van der Waals surface area contributed by atoms with Gasteiger partial charge in [0.25, 0.3) is 0 Å². The largest absolute Gasteiger partial charge is 0.383 e. The van der Waals surface area contributed by atoms with E-state index in [1.54, 1.807) is 18.4 Å². The van der Waals surface area contributed by atoms with Gasteiger partial charge in [0.2, 0.25) is 0 Å². The predicted molar refractivity (Wildman–Crippen MR) is 55.1 cm³/mol. The third-order valence-electron chi connectivity index (χ3n) is 1.75. The van der Waals surface area contributed by atoms with E-state index >= 15 is 0 Å². The number of aryl methyl sites for hydroxylation is 1. The number of hydrogen-bond donors (Lipinski definition) is 0. The molecular weight excluding hydrogens is 184 g/mol. The van der Waals surface area contributed by atoms with Gasteiger partial charge in [-0.15, -0.1) is 11.3 Å². The molecule has 1 aromatic heterocycles. The van der Waals surface area contributed by atoms with Gasteiger partial charge in [-0.05, 0) is 14.0 Å². The van der Waals surface area contributed by atoms with Gasteiger partial charge in [0.1, 0.15) is 5.01 Å². The molecule has 0 fully saturated rings. The molecule has 0 atom stereocenters. The normalized spacial score (nSPS) is 11.1. The molecular formula is C9H16N2OS. The monoisotopic (exact) mass is 200 g/mol. The van der Waals surface area contributed by atoms with Crippen molar-refractivity contribution in [2.45, 2.75) is 13.5 Å². The molecule has 0 amide bonds. The van der Waals surface area contributed by atoms with E-state index < -0.39 is 0 Å². The number of likely N-dealkylation sites (N-methyl/N-ethyl adjacent to an activating group) is 1. The van der Waals surface area contributed by atoms with Gasteiger partial charge in [0, 0.05) is 24.7 Å². The van der Waals surface area contributed by atoms with Crippen LogP contribution in [0.4, 0.5) is 0 Å². The Kier molecular flexibility index (Phi) is 4.35. The Morgan fingerprint density at radius 3 is 2.92 bits per heavy atom. The van der Waals surface area contributed by atoms with E-state index in [4.69, 9.17) is 4.74 Å². The lowest BCUT2D eigenvalue weighted by Crippen LogP contribution is -2.22. The molecule has 0 unspecified atom stereocenters. The van der Waals surface area contributed by atoms with Crippen LogP contribution in [0.3, 0.4) is 0 Å². The van der Waals surface area contributed by atoms with Gasteiger partial charge in [0.05, 0.1) is 13.2 Å². The summed E-state index contributed by atoms with van der Waals surface area (Å²) in [5, 5.41) is 3.26. The fraction of sp³-hybridized carbons (Fsp3) is 0.667. The first-order valence-corrected chi connectivity index (χ1v) is 5.19. The van der Waals surface area contributed by atoms with Gasteiger partial charge in [-0.1, -0.05) is 0 Å². The van der Waals surface area contributed by atoms with Crippen molar-refractivity contribution in [2.24, 2.45) is 0 Å². The van der Waals surface area contributed by atoms with Crippen molar-refractivity contribution < 1.29 is 4.74 Å². The van der Waals surface area contributed by atoms with E-state index in [1.807, 2.05) is 6.92 Å². The Labute approximate surface area is 83.4 Å². The summed E-state index contributed by atoms with van der Waals surface area (Å²) in [5.41, 5.74) is 1.11. The van der Waals surface area contributed by atoms with E-state index in [2.05, 4.69) is 22.3 Å². The number of ether oxygens (including phenoxy) is 1. The first-order valence-electron chi connectivity index (χ1n) is 4.31. The third-order valence-corrected chi connectivity index (χ3v) is 2.70. The molecule has 3 nitrogen and oxygen atoms in total. The quantitative estimate of drug-likeness (QED) is 0.720. The third kappa shape index (κ3) is 3.85. The minimum absolute atomic E-state index is 0.779. The molecule has 0 saturated heterocycles. The van der Waals surface area contributed by atoms with Gasteiger partial charge < -0.3 is 4.74 Å². The molecule has 0 N–H and O–H groups in total. The summed E-state index contributed by atoms with van der Waals surface area (Å²) in [4.78, 5) is 6.60. The van der Waals surface area contributed by atoms with Gasteiger partial charge in [0.15, 0.2) is 0 Å². The molecule has 0 saturated carbocycles. The highest BCUT2D eigenvalue weighted by Crippen LogP contribution is 2.10. The van der Waals surface area contributed by atoms with Gasteiger partial charge in [-0.3, -0.25) is 4.90 Å². The smallest absolute Gasteiger partial charge is 0.107 e. The van der Waals surface area contributed by atoms with Gasteiger partial charge in [-0.25, -0.2) is 4.98 Å². The van der Waals surface area contributed by atoms with Crippen LogP contribution < -0.4 is 0 Å². The average Bonchev–Trinajstić information content (AvgIpc) is 2.48. The van der Waals surface area contributed by atoms with Crippen molar-refractivity contribution in [3.05, 3.63) is 16.1 Å². The Hall–Kier alpha value is -0.450. The Morgan fingerprint density at radius 2 is 2.38 bits per heavy atom. The van der Waals surface area contributed by atoms with E-state index in [1.165, 1.54) is 5.01 Å². The maximum atomic E-state index is 5.00. The number of rotatable bonds is 5. The zero-order valence-corrected chi connectivity index (χ0v) is 9.23. The lowest BCUT2D eigenvalue weighted by molar-refractivity contribution is 0.158. The maximum absolute atomic E-state index is 5.00. The molecule has 4 heteroatoms. The van der Waals surface area contributed by atoms with Crippen LogP contribution >= 0.6 is 11.3 Å². The van der Waals surface area contributed by atoms with E-state index in [-0.39, 0.29) is 0 Å². The predicted octanol–water partition coefficient (Wildman–Crippen LogP) is 1.53. The summed E-state index contributed by atoms with van der Waals surface area (Å²) in [6, 6.07) is 0. The van der Waals surface area contributed by atoms with Crippen LogP contribution in [0.5, 0.6) is 0 Å². The van der Waals surface area contributed by atoms with Crippen molar-refractivity contribution in [3.63, 3.8) is 0 Å². The van der Waals surface area contributed by atoms with Gasteiger partial charge >= 0.3 is 0 Å². The summed E-state index contributed by atoms with van der Waals surface area (Å²) in [6.07, 6.45) is 0. The first kappa shape index (κ1) is 10.6. The molecule has 1 aromatic rings. The van der Waals surface area contributed by atoms with E-state index in [0.29, 0.717) is 0 Å². The minimum atomic E-state index is 0.779. The molecule has 13 heavy (non-hydrogen) atoms. The summed E-state index contributed by atoms with van der Waals surface area (Å²) in [5.74, 6) is 0. The Morgan fingerprint density at radius 1 is 1.62 bits per heavy atom. The zero-order chi connectivity index (χ0) is 9.68. The van der Waals surface area contributed by atoms with Crippen molar-refractivity contribution in [1.29, 1.82) is 0 Å². The second-order valence-electron chi connectivity index (χ2n) is 3.11. The van der Waals surface area contributed by atoms with Crippen LogP contribution in [0.25, 0.3) is 0 Å². The van der Waals surface area contributed by atoms with Crippen LogP contribution in [-0.4, -0.2) is 37.2 Å². The lowest BCUT2D eigenvalue weighted by Gasteiger charge is -2.13. The van der Waals surface area contributed by atoms with Gasteiger partial charge in [-0.2, -0.15) is 0 Å². The van der Waals surface area contributed by atoms with Crippen molar-refractivity contribution in [3.8, 4) is 0 Å². The summed E-state index contributed by atoms with van der Waals surface area (Å²) < 4.78 is 5.00. The second kappa shape index (κ2) is 5.32. The maximum Gasteiger partial charge on any atom is 0.107 e. The molecule has 0 aliphatic heterocycles.